The van der Waals surface area contributed by atoms with Crippen molar-refractivity contribution >= 4 is 16.9 Å². The summed E-state index contributed by atoms with van der Waals surface area (Å²) in [6.07, 6.45) is 6.17. The average molecular weight is 379 g/mol. The normalized spacial score (nSPS) is 21.3. The molecule has 0 aromatic carbocycles. The topological polar surface area (TPSA) is 72.2 Å². The highest BCUT2D eigenvalue weighted by Gasteiger charge is 2.23. The summed E-state index contributed by atoms with van der Waals surface area (Å²) in [5.41, 5.74) is 2.78. The largest absolute Gasteiger partial charge is 0.378 e. The maximum absolute atomic E-state index is 5.50. The Hall–Kier alpha value is -2.58. The molecular formula is C20H25N7O. The Morgan fingerprint density at radius 2 is 2.00 bits per heavy atom. The van der Waals surface area contributed by atoms with Crippen LogP contribution in [0.1, 0.15) is 24.5 Å². The summed E-state index contributed by atoms with van der Waals surface area (Å²) >= 11 is 0. The maximum Gasteiger partial charge on any atom is 0.253 e. The fourth-order valence-electron chi connectivity index (χ4n) is 4.11. The minimum Gasteiger partial charge on any atom is -0.378 e. The van der Waals surface area contributed by atoms with Gasteiger partial charge in [0, 0.05) is 37.9 Å². The van der Waals surface area contributed by atoms with Crippen molar-refractivity contribution in [3.63, 3.8) is 0 Å². The van der Waals surface area contributed by atoms with Gasteiger partial charge in [-0.3, -0.25) is 4.98 Å². The molecule has 2 aliphatic heterocycles. The Balaban J connectivity index is 1.52. The molecule has 3 aromatic heterocycles. The lowest BCUT2D eigenvalue weighted by Gasteiger charge is -2.28. The van der Waals surface area contributed by atoms with Gasteiger partial charge in [0.2, 0.25) is 0 Å². The van der Waals surface area contributed by atoms with E-state index >= 15 is 0 Å². The van der Waals surface area contributed by atoms with Gasteiger partial charge < -0.3 is 14.5 Å². The number of ether oxygens (including phenoxy) is 1. The van der Waals surface area contributed by atoms with E-state index in [1.807, 2.05) is 18.3 Å². The van der Waals surface area contributed by atoms with Crippen molar-refractivity contribution in [2.24, 2.45) is 0 Å². The number of nitrogens with zero attached hydrogens (tertiary/aromatic N) is 7. The van der Waals surface area contributed by atoms with E-state index in [9.17, 15) is 0 Å². The second-order valence-electron chi connectivity index (χ2n) is 7.60. The molecule has 8 nitrogen and oxygen atoms in total. The molecule has 28 heavy (non-hydrogen) atoms. The summed E-state index contributed by atoms with van der Waals surface area (Å²) in [5, 5.41) is 4.83. The first-order valence-corrected chi connectivity index (χ1v) is 9.98. The maximum atomic E-state index is 5.50. The van der Waals surface area contributed by atoms with Gasteiger partial charge in [-0.1, -0.05) is 0 Å². The molecule has 0 amide bonds. The molecule has 3 aromatic rings. The average Bonchev–Trinajstić information content (AvgIpc) is 3.24. The van der Waals surface area contributed by atoms with Crippen LogP contribution in [0.15, 0.2) is 30.6 Å². The quantitative estimate of drug-likeness (QED) is 0.688. The van der Waals surface area contributed by atoms with Crippen molar-refractivity contribution in [1.82, 2.24) is 29.6 Å². The molecule has 1 unspecified atom stereocenters. The van der Waals surface area contributed by atoms with Gasteiger partial charge in [0.15, 0.2) is 5.82 Å². The molecule has 1 atom stereocenters. The Bertz CT molecular complexity index is 966. The van der Waals surface area contributed by atoms with Crippen molar-refractivity contribution in [2.75, 3.05) is 51.3 Å². The molecule has 8 heteroatoms. The zero-order valence-corrected chi connectivity index (χ0v) is 16.2. The third kappa shape index (κ3) is 3.33. The molecule has 2 fully saturated rings. The fourth-order valence-corrected chi connectivity index (χ4v) is 4.11. The van der Waals surface area contributed by atoms with Gasteiger partial charge in [0.25, 0.3) is 5.95 Å². The lowest BCUT2D eigenvalue weighted by Crippen LogP contribution is -2.37. The Morgan fingerprint density at radius 1 is 1.11 bits per heavy atom. The fraction of sp³-hybridized carbons (Fsp3) is 0.500. The molecule has 2 saturated heterocycles. The molecule has 0 saturated carbocycles. The zero-order chi connectivity index (χ0) is 18.9. The SMILES string of the molecule is CN1CCCC(c2ccn(-c3nc(N4CCOCC4)c4ncccc4n3)n2)C1. The predicted octanol–water partition coefficient (Wildman–Crippen LogP) is 1.86. The van der Waals surface area contributed by atoms with Crippen molar-refractivity contribution < 1.29 is 4.74 Å². The van der Waals surface area contributed by atoms with Crippen molar-refractivity contribution in [3.05, 3.63) is 36.3 Å². The van der Waals surface area contributed by atoms with Crippen LogP contribution in [0.25, 0.3) is 17.0 Å². The van der Waals surface area contributed by atoms with Gasteiger partial charge in [-0.15, -0.1) is 0 Å². The second-order valence-corrected chi connectivity index (χ2v) is 7.60. The molecule has 0 spiro atoms. The van der Waals surface area contributed by atoms with Crippen molar-refractivity contribution in [1.29, 1.82) is 0 Å². The number of hydrogen-bond acceptors (Lipinski definition) is 7. The molecule has 5 rings (SSSR count). The van der Waals surface area contributed by atoms with Crippen LogP contribution < -0.4 is 4.90 Å². The van der Waals surface area contributed by atoms with Crippen LogP contribution in [0.5, 0.6) is 0 Å². The zero-order valence-electron chi connectivity index (χ0n) is 16.2. The van der Waals surface area contributed by atoms with Gasteiger partial charge in [-0.2, -0.15) is 10.1 Å². The number of pyridine rings is 1. The summed E-state index contributed by atoms with van der Waals surface area (Å²) in [6.45, 7) is 5.24. The first kappa shape index (κ1) is 17.5. The van der Waals surface area contributed by atoms with Crippen molar-refractivity contribution in [2.45, 2.75) is 18.8 Å². The van der Waals surface area contributed by atoms with Crippen LogP contribution in [0, 0.1) is 0 Å². The number of piperidine rings is 1. The summed E-state index contributed by atoms with van der Waals surface area (Å²) in [4.78, 5) is 18.7. The number of anilines is 1. The van der Waals surface area contributed by atoms with Gasteiger partial charge in [-0.05, 0) is 44.6 Å². The number of likely N-dealkylation sites (N-methyl/N-ethyl adjacent to an activating group) is 1. The molecule has 0 bridgehead atoms. The lowest BCUT2D eigenvalue weighted by molar-refractivity contribution is 0.122. The van der Waals surface area contributed by atoms with E-state index < -0.39 is 0 Å². The third-order valence-electron chi connectivity index (χ3n) is 5.59. The summed E-state index contributed by atoms with van der Waals surface area (Å²) in [6, 6.07) is 6.00. The number of likely N-dealkylation sites (tertiary alicyclic amines) is 1. The Morgan fingerprint density at radius 3 is 2.86 bits per heavy atom. The van der Waals surface area contributed by atoms with E-state index in [1.54, 1.807) is 10.9 Å². The first-order valence-electron chi connectivity index (χ1n) is 9.98. The standard InChI is InChI=1S/C20H25N7O/c1-25-8-3-4-15(14-25)16-6-9-27(24-16)20-22-17-5-2-7-21-18(17)19(23-20)26-10-12-28-13-11-26/h2,5-7,9,15H,3-4,8,10-14H2,1H3. The van der Waals surface area contributed by atoms with Crippen LogP contribution in [0.3, 0.4) is 0 Å². The van der Waals surface area contributed by atoms with E-state index in [2.05, 4.69) is 27.9 Å². The van der Waals surface area contributed by atoms with E-state index in [0.717, 1.165) is 42.2 Å². The highest BCUT2D eigenvalue weighted by atomic mass is 16.5. The van der Waals surface area contributed by atoms with Crippen LogP contribution in [-0.2, 0) is 4.74 Å². The number of aromatic nitrogens is 5. The molecule has 146 valence electrons. The number of morpholine rings is 1. The Kier molecular flexibility index (Phi) is 4.66. The van der Waals surface area contributed by atoms with Gasteiger partial charge in [0.1, 0.15) is 5.52 Å². The Labute approximate surface area is 164 Å². The lowest BCUT2D eigenvalue weighted by atomic mass is 9.95. The second kappa shape index (κ2) is 7.44. The third-order valence-corrected chi connectivity index (χ3v) is 5.59. The van der Waals surface area contributed by atoms with Crippen molar-refractivity contribution in [3.8, 4) is 5.95 Å². The number of hydrogen-bond donors (Lipinski definition) is 0. The minimum absolute atomic E-state index is 0.473. The van der Waals surface area contributed by atoms with E-state index in [-0.39, 0.29) is 0 Å². The van der Waals surface area contributed by atoms with Gasteiger partial charge in [0.05, 0.1) is 24.4 Å². The van der Waals surface area contributed by atoms with E-state index in [4.69, 9.17) is 19.8 Å². The summed E-state index contributed by atoms with van der Waals surface area (Å²) < 4.78 is 7.31. The monoisotopic (exact) mass is 379 g/mol. The molecule has 0 N–H and O–H groups in total. The molecule has 5 heterocycles. The van der Waals surface area contributed by atoms with E-state index in [0.29, 0.717) is 25.1 Å². The van der Waals surface area contributed by atoms with Crippen LogP contribution >= 0.6 is 0 Å². The van der Waals surface area contributed by atoms with Gasteiger partial charge in [-0.25, -0.2) is 9.67 Å². The van der Waals surface area contributed by atoms with Gasteiger partial charge >= 0.3 is 0 Å². The van der Waals surface area contributed by atoms with Crippen LogP contribution in [0.4, 0.5) is 5.82 Å². The van der Waals surface area contributed by atoms with Crippen LogP contribution in [0.2, 0.25) is 0 Å². The molecule has 2 aliphatic rings. The van der Waals surface area contributed by atoms with E-state index in [1.165, 1.54) is 19.4 Å². The highest BCUT2D eigenvalue weighted by Crippen LogP contribution is 2.27. The predicted molar refractivity (Wildman–Crippen MR) is 107 cm³/mol. The smallest absolute Gasteiger partial charge is 0.253 e. The summed E-state index contributed by atoms with van der Waals surface area (Å²) in [5.74, 6) is 1.93. The van der Waals surface area contributed by atoms with Crippen LogP contribution in [-0.4, -0.2) is 76.1 Å². The molecule has 0 radical (unpaired) electrons. The number of rotatable bonds is 3. The number of fused-ring (bicyclic) bond motifs is 1. The summed E-state index contributed by atoms with van der Waals surface area (Å²) in [7, 11) is 2.18. The molecule has 0 aliphatic carbocycles. The first-order chi connectivity index (χ1) is 13.8. The molecular weight excluding hydrogens is 354 g/mol. The minimum atomic E-state index is 0.473. The highest BCUT2D eigenvalue weighted by molar-refractivity contribution is 5.86.